The Balaban J connectivity index is 1.52. The Bertz CT molecular complexity index is 1100. The molecule has 2 atom stereocenters. The van der Waals surface area contributed by atoms with Crippen molar-refractivity contribution in [1.82, 2.24) is 15.5 Å². The summed E-state index contributed by atoms with van der Waals surface area (Å²) in [6.07, 6.45) is 0.468. The Hall–Kier alpha value is -3.55. The van der Waals surface area contributed by atoms with Crippen LogP contribution in [0.1, 0.15) is 64.6 Å². The Morgan fingerprint density at radius 3 is 2.50 bits per heavy atom. The molecule has 2 N–H and O–H groups in total. The van der Waals surface area contributed by atoms with Crippen LogP contribution in [0, 0.1) is 11.7 Å². The maximum atomic E-state index is 13.3. The number of piperidine rings is 1. The van der Waals surface area contributed by atoms with Gasteiger partial charge >= 0.3 is 0 Å². The van der Waals surface area contributed by atoms with Gasteiger partial charge in [0.25, 0.3) is 11.8 Å². The van der Waals surface area contributed by atoms with E-state index >= 15 is 0 Å². The van der Waals surface area contributed by atoms with Crippen molar-refractivity contribution >= 4 is 23.6 Å². The standard InChI is InChI=1S/C24H24FN3O4/c1-13(2)21(14-3-6-17(25)7-4-14)27-22(30)15-5-8-18-16(11-15)12-28(24(18)32)19-9-10-20(29)26-23(19)31/h3-8,11,13,19,21H,9-10,12H2,1-2H3,(H,27,30)(H,26,29,31)/t19?,21-/m0/s1. The van der Waals surface area contributed by atoms with E-state index in [0.717, 1.165) is 5.56 Å². The van der Waals surface area contributed by atoms with Gasteiger partial charge in [0.15, 0.2) is 0 Å². The average Bonchev–Trinajstić information content (AvgIpc) is 3.08. The maximum absolute atomic E-state index is 13.3. The van der Waals surface area contributed by atoms with Gasteiger partial charge in [-0.1, -0.05) is 26.0 Å². The predicted molar refractivity (Wildman–Crippen MR) is 114 cm³/mol. The summed E-state index contributed by atoms with van der Waals surface area (Å²) < 4.78 is 13.3. The highest BCUT2D eigenvalue weighted by atomic mass is 19.1. The molecule has 32 heavy (non-hydrogen) atoms. The first-order valence-corrected chi connectivity index (χ1v) is 10.6. The van der Waals surface area contributed by atoms with Crippen molar-refractivity contribution in [2.45, 2.75) is 45.3 Å². The zero-order valence-corrected chi connectivity index (χ0v) is 17.9. The number of nitrogens with one attached hydrogen (secondary N) is 2. The van der Waals surface area contributed by atoms with E-state index in [9.17, 15) is 23.6 Å². The second-order valence-corrected chi connectivity index (χ2v) is 8.52. The summed E-state index contributed by atoms with van der Waals surface area (Å²) >= 11 is 0. The monoisotopic (exact) mass is 437 g/mol. The molecule has 1 saturated heterocycles. The van der Waals surface area contributed by atoms with Gasteiger partial charge in [-0.2, -0.15) is 0 Å². The highest BCUT2D eigenvalue weighted by Gasteiger charge is 2.39. The second kappa shape index (κ2) is 8.53. The lowest BCUT2D eigenvalue weighted by molar-refractivity contribution is -0.136. The number of amides is 4. The molecule has 0 spiro atoms. The van der Waals surface area contributed by atoms with Crippen molar-refractivity contribution in [2.75, 3.05) is 0 Å². The van der Waals surface area contributed by atoms with Crippen LogP contribution in [-0.2, 0) is 16.1 Å². The molecule has 7 nitrogen and oxygen atoms in total. The van der Waals surface area contributed by atoms with Crippen LogP contribution in [0.25, 0.3) is 0 Å². The molecule has 0 radical (unpaired) electrons. The van der Waals surface area contributed by atoms with Crippen molar-refractivity contribution in [3.8, 4) is 0 Å². The summed E-state index contributed by atoms with van der Waals surface area (Å²) in [5.41, 5.74) is 2.31. The number of fused-ring (bicyclic) bond motifs is 1. The van der Waals surface area contributed by atoms with Crippen LogP contribution >= 0.6 is 0 Å². The number of benzene rings is 2. The minimum Gasteiger partial charge on any atom is -0.345 e. The Kier molecular flexibility index (Phi) is 5.78. The summed E-state index contributed by atoms with van der Waals surface area (Å²) in [5, 5.41) is 5.27. The van der Waals surface area contributed by atoms with E-state index in [4.69, 9.17) is 0 Å². The minimum atomic E-state index is -0.700. The van der Waals surface area contributed by atoms with Gasteiger partial charge < -0.3 is 10.2 Å². The molecule has 1 unspecified atom stereocenters. The second-order valence-electron chi connectivity index (χ2n) is 8.52. The van der Waals surface area contributed by atoms with E-state index in [0.29, 0.717) is 16.7 Å². The van der Waals surface area contributed by atoms with Crippen molar-refractivity contribution in [1.29, 1.82) is 0 Å². The molecule has 2 aliphatic rings. The number of nitrogens with zero attached hydrogens (tertiary/aromatic N) is 1. The van der Waals surface area contributed by atoms with Crippen LogP contribution in [0.3, 0.4) is 0 Å². The number of hydrogen-bond donors (Lipinski definition) is 2. The number of hydrogen-bond acceptors (Lipinski definition) is 4. The molecule has 0 saturated carbocycles. The van der Waals surface area contributed by atoms with Gasteiger partial charge in [0.1, 0.15) is 11.9 Å². The highest BCUT2D eigenvalue weighted by molar-refractivity contribution is 6.06. The molecule has 4 amide bonds. The minimum absolute atomic E-state index is 0.0726. The topological polar surface area (TPSA) is 95.6 Å². The van der Waals surface area contributed by atoms with Crippen molar-refractivity contribution in [3.05, 3.63) is 70.5 Å². The van der Waals surface area contributed by atoms with Crippen LogP contribution in [0.4, 0.5) is 4.39 Å². The quantitative estimate of drug-likeness (QED) is 0.703. The van der Waals surface area contributed by atoms with Gasteiger partial charge in [-0.3, -0.25) is 24.5 Å². The third-order valence-corrected chi connectivity index (χ3v) is 5.97. The van der Waals surface area contributed by atoms with E-state index < -0.39 is 11.9 Å². The number of carbonyl (C=O) groups is 4. The van der Waals surface area contributed by atoms with Crippen LogP contribution in [0.15, 0.2) is 42.5 Å². The molecule has 2 aromatic rings. The maximum Gasteiger partial charge on any atom is 0.255 e. The normalized spacial score (nSPS) is 19.1. The van der Waals surface area contributed by atoms with E-state index in [-0.39, 0.29) is 54.9 Å². The van der Waals surface area contributed by atoms with Crippen LogP contribution in [0.2, 0.25) is 0 Å². The fraction of sp³-hybridized carbons (Fsp3) is 0.333. The first-order valence-electron chi connectivity index (χ1n) is 10.6. The number of carbonyl (C=O) groups excluding carboxylic acids is 4. The third kappa shape index (κ3) is 4.12. The summed E-state index contributed by atoms with van der Waals surface area (Å²) in [6.45, 7) is 4.13. The number of rotatable bonds is 5. The smallest absolute Gasteiger partial charge is 0.255 e. The molecule has 0 bridgehead atoms. The van der Waals surface area contributed by atoms with Crippen LogP contribution < -0.4 is 10.6 Å². The largest absolute Gasteiger partial charge is 0.345 e. The van der Waals surface area contributed by atoms with Gasteiger partial charge in [-0.15, -0.1) is 0 Å². The van der Waals surface area contributed by atoms with E-state index in [1.165, 1.54) is 17.0 Å². The summed E-state index contributed by atoms with van der Waals surface area (Å²) in [6, 6.07) is 9.87. The first-order chi connectivity index (χ1) is 15.2. The van der Waals surface area contributed by atoms with Crippen molar-refractivity contribution in [2.24, 2.45) is 5.92 Å². The fourth-order valence-electron chi connectivity index (χ4n) is 4.25. The van der Waals surface area contributed by atoms with Crippen LogP contribution in [0.5, 0.6) is 0 Å². The third-order valence-electron chi connectivity index (χ3n) is 5.97. The van der Waals surface area contributed by atoms with Crippen molar-refractivity contribution < 1.29 is 23.6 Å². The van der Waals surface area contributed by atoms with Gasteiger partial charge in [0.2, 0.25) is 11.8 Å². The Morgan fingerprint density at radius 1 is 1.12 bits per heavy atom. The van der Waals surface area contributed by atoms with Crippen LogP contribution in [-0.4, -0.2) is 34.6 Å². The average molecular weight is 437 g/mol. The molecule has 4 rings (SSSR count). The summed E-state index contributed by atoms with van der Waals surface area (Å²) in [4.78, 5) is 50.8. The molecule has 8 heteroatoms. The van der Waals surface area contributed by atoms with Crippen molar-refractivity contribution in [3.63, 3.8) is 0 Å². The van der Waals surface area contributed by atoms with E-state index in [2.05, 4.69) is 10.6 Å². The molecule has 0 aromatic heterocycles. The Morgan fingerprint density at radius 2 is 1.84 bits per heavy atom. The lowest BCUT2D eigenvalue weighted by Crippen LogP contribution is -2.52. The molecule has 0 aliphatic carbocycles. The number of imide groups is 1. The highest BCUT2D eigenvalue weighted by Crippen LogP contribution is 2.29. The lowest BCUT2D eigenvalue weighted by Gasteiger charge is -2.29. The zero-order valence-electron chi connectivity index (χ0n) is 17.9. The summed E-state index contributed by atoms with van der Waals surface area (Å²) in [5.74, 6) is -1.67. The molecule has 1 fully saturated rings. The fourth-order valence-corrected chi connectivity index (χ4v) is 4.25. The SMILES string of the molecule is CC(C)[C@H](NC(=O)c1ccc2c(c1)CN(C1CCC(=O)NC1=O)C2=O)c1ccc(F)cc1. The molecular formula is C24H24FN3O4. The molecule has 166 valence electrons. The molecular weight excluding hydrogens is 413 g/mol. The first kappa shape index (κ1) is 21.7. The van der Waals surface area contributed by atoms with Gasteiger partial charge in [0.05, 0.1) is 6.04 Å². The molecule has 2 heterocycles. The van der Waals surface area contributed by atoms with Gasteiger partial charge in [-0.05, 0) is 53.8 Å². The zero-order chi connectivity index (χ0) is 23.0. The van der Waals surface area contributed by atoms with Gasteiger partial charge in [0, 0.05) is 24.1 Å². The lowest BCUT2D eigenvalue weighted by atomic mass is 9.95. The van der Waals surface area contributed by atoms with E-state index in [1.807, 2.05) is 13.8 Å². The number of halogens is 1. The summed E-state index contributed by atoms with van der Waals surface area (Å²) in [7, 11) is 0. The molecule has 2 aromatic carbocycles. The Labute approximate surface area is 185 Å². The van der Waals surface area contributed by atoms with E-state index in [1.54, 1.807) is 30.3 Å². The van der Waals surface area contributed by atoms with Gasteiger partial charge in [-0.25, -0.2) is 4.39 Å². The molecule has 2 aliphatic heterocycles. The predicted octanol–water partition coefficient (Wildman–Crippen LogP) is 2.71.